The first-order chi connectivity index (χ1) is 6.65. The number of methoxy groups -OCH3 is 1. The molecule has 1 rings (SSSR count). The van der Waals surface area contributed by atoms with E-state index in [1.54, 1.807) is 0 Å². The number of hydrogen-bond donors (Lipinski definition) is 0. The fraction of sp³-hybridized carbons (Fsp3) is 0.250. The molecular weight excluding hydrogens is 188 g/mol. The summed E-state index contributed by atoms with van der Waals surface area (Å²) in [7, 11) is 1.20. The van der Waals surface area contributed by atoms with Crippen molar-refractivity contribution >= 4 is 11.9 Å². The number of esters is 2. The summed E-state index contributed by atoms with van der Waals surface area (Å²) in [6, 6.07) is 0. The van der Waals surface area contributed by atoms with Crippen molar-refractivity contribution in [2.24, 2.45) is 0 Å². The first-order valence-corrected chi connectivity index (χ1v) is 3.73. The Morgan fingerprint density at radius 2 is 1.93 bits per heavy atom. The third-order valence-electron chi connectivity index (χ3n) is 1.28. The van der Waals surface area contributed by atoms with Gasteiger partial charge in [0.1, 0.15) is 0 Å². The van der Waals surface area contributed by atoms with E-state index < -0.39 is 11.9 Å². The average molecular weight is 196 g/mol. The van der Waals surface area contributed by atoms with Crippen LogP contribution in [0.1, 0.15) is 17.4 Å². The molecule has 0 aliphatic carbocycles. The predicted molar refractivity (Wildman–Crippen MR) is 44.7 cm³/mol. The SMILES string of the molecule is COC(=O)c1nccnc1OC(C)=O. The summed E-state index contributed by atoms with van der Waals surface area (Å²) >= 11 is 0. The second kappa shape index (κ2) is 4.31. The summed E-state index contributed by atoms with van der Waals surface area (Å²) in [5, 5.41) is 0. The molecule has 1 aromatic rings. The number of aromatic nitrogens is 2. The van der Waals surface area contributed by atoms with Crippen LogP contribution in [0.4, 0.5) is 0 Å². The van der Waals surface area contributed by atoms with E-state index in [1.165, 1.54) is 26.4 Å². The minimum Gasteiger partial charge on any atom is -0.464 e. The summed E-state index contributed by atoms with van der Waals surface area (Å²) in [4.78, 5) is 29.1. The van der Waals surface area contributed by atoms with Crippen LogP contribution in [-0.4, -0.2) is 29.0 Å². The van der Waals surface area contributed by atoms with Gasteiger partial charge in [-0.2, -0.15) is 0 Å². The van der Waals surface area contributed by atoms with Crippen molar-refractivity contribution in [1.29, 1.82) is 0 Å². The van der Waals surface area contributed by atoms with Crippen LogP contribution in [0, 0.1) is 0 Å². The molecular formula is C8H8N2O4. The Kier molecular flexibility index (Phi) is 3.11. The lowest BCUT2D eigenvalue weighted by molar-refractivity contribution is -0.132. The molecule has 0 N–H and O–H groups in total. The Balaban J connectivity index is 3.02. The quantitative estimate of drug-likeness (QED) is 0.628. The molecule has 0 aliphatic rings. The van der Waals surface area contributed by atoms with Crippen LogP contribution in [0.25, 0.3) is 0 Å². The van der Waals surface area contributed by atoms with Gasteiger partial charge < -0.3 is 9.47 Å². The molecule has 1 aromatic heterocycles. The maximum absolute atomic E-state index is 11.1. The van der Waals surface area contributed by atoms with Crippen molar-refractivity contribution in [1.82, 2.24) is 9.97 Å². The Bertz CT molecular complexity index is 364. The van der Waals surface area contributed by atoms with Crippen LogP contribution in [0.2, 0.25) is 0 Å². The molecule has 0 aliphatic heterocycles. The molecule has 74 valence electrons. The molecule has 0 atom stereocenters. The molecule has 0 amide bonds. The first kappa shape index (κ1) is 10.1. The van der Waals surface area contributed by atoms with Crippen LogP contribution in [-0.2, 0) is 9.53 Å². The average Bonchev–Trinajstić information content (AvgIpc) is 2.16. The number of carbonyl (C=O) groups excluding carboxylic acids is 2. The van der Waals surface area contributed by atoms with Gasteiger partial charge in [-0.15, -0.1) is 0 Å². The number of carbonyl (C=O) groups is 2. The molecule has 0 unspecified atom stereocenters. The van der Waals surface area contributed by atoms with Gasteiger partial charge in [-0.25, -0.2) is 14.8 Å². The van der Waals surface area contributed by atoms with Crippen LogP contribution in [0.3, 0.4) is 0 Å². The van der Waals surface area contributed by atoms with E-state index in [4.69, 9.17) is 0 Å². The number of rotatable bonds is 2. The van der Waals surface area contributed by atoms with Gasteiger partial charge in [0.05, 0.1) is 7.11 Å². The second-order valence-corrected chi connectivity index (χ2v) is 2.30. The van der Waals surface area contributed by atoms with E-state index in [2.05, 4.69) is 19.4 Å². The highest BCUT2D eigenvalue weighted by molar-refractivity contribution is 5.90. The van der Waals surface area contributed by atoms with Gasteiger partial charge in [-0.05, 0) is 0 Å². The van der Waals surface area contributed by atoms with Crippen molar-refractivity contribution in [2.75, 3.05) is 7.11 Å². The van der Waals surface area contributed by atoms with E-state index >= 15 is 0 Å². The summed E-state index contributed by atoms with van der Waals surface area (Å²) < 4.78 is 9.08. The number of nitrogens with zero attached hydrogens (tertiary/aromatic N) is 2. The van der Waals surface area contributed by atoms with Gasteiger partial charge in [0.15, 0.2) is 0 Å². The molecule has 0 saturated heterocycles. The van der Waals surface area contributed by atoms with E-state index in [-0.39, 0.29) is 11.6 Å². The fourth-order valence-electron chi connectivity index (χ4n) is 0.773. The van der Waals surface area contributed by atoms with E-state index in [9.17, 15) is 9.59 Å². The Hall–Kier alpha value is -1.98. The molecule has 6 heteroatoms. The number of ether oxygens (including phenoxy) is 2. The molecule has 0 radical (unpaired) electrons. The largest absolute Gasteiger partial charge is 0.464 e. The topological polar surface area (TPSA) is 78.4 Å². The maximum atomic E-state index is 11.1. The predicted octanol–water partition coefficient (Wildman–Crippen LogP) is 0.188. The van der Waals surface area contributed by atoms with Crippen molar-refractivity contribution in [3.63, 3.8) is 0 Å². The van der Waals surface area contributed by atoms with Gasteiger partial charge in [-0.3, -0.25) is 4.79 Å². The Morgan fingerprint density at radius 3 is 2.50 bits per heavy atom. The van der Waals surface area contributed by atoms with Crippen molar-refractivity contribution in [3.05, 3.63) is 18.1 Å². The number of hydrogen-bond acceptors (Lipinski definition) is 6. The lowest BCUT2D eigenvalue weighted by atomic mass is 10.4. The van der Waals surface area contributed by atoms with Gasteiger partial charge >= 0.3 is 11.9 Å². The Labute approximate surface area is 79.9 Å². The van der Waals surface area contributed by atoms with E-state index in [1.807, 2.05) is 0 Å². The van der Waals surface area contributed by atoms with Gasteiger partial charge in [-0.1, -0.05) is 0 Å². The van der Waals surface area contributed by atoms with Crippen molar-refractivity contribution in [2.45, 2.75) is 6.92 Å². The summed E-state index contributed by atoms with van der Waals surface area (Å²) in [6.45, 7) is 1.20. The molecule has 0 spiro atoms. The highest BCUT2D eigenvalue weighted by atomic mass is 16.5. The first-order valence-electron chi connectivity index (χ1n) is 3.73. The Morgan fingerprint density at radius 1 is 1.29 bits per heavy atom. The monoisotopic (exact) mass is 196 g/mol. The van der Waals surface area contributed by atoms with Crippen molar-refractivity contribution in [3.8, 4) is 5.88 Å². The summed E-state index contributed by atoms with van der Waals surface area (Å²) in [6.07, 6.45) is 2.62. The standard InChI is InChI=1S/C8H8N2O4/c1-5(11)14-7-6(8(12)13-2)9-3-4-10-7/h3-4H,1-2H3. The van der Waals surface area contributed by atoms with Gasteiger partial charge in [0.25, 0.3) is 5.88 Å². The molecule has 0 saturated carbocycles. The minimum absolute atomic E-state index is 0.120. The summed E-state index contributed by atoms with van der Waals surface area (Å²) in [5.41, 5.74) is -0.120. The zero-order chi connectivity index (χ0) is 10.6. The van der Waals surface area contributed by atoms with Crippen LogP contribution < -0.4 is 4.74 Å². The van der Waals surface area contributed by atoms with Crippen LogP contribution in [0.15, 0.2) is 12.4 Å². The summed E-state index contributed by atoms with van der Waals surface area (Å²) in [5.74, 6) is -1.42. The zero-order valence-electron chi connectivity index (χ0n) is 7.68. The smallest absolute Gasteiger partial charge is 0.362 e. The molecule has 0 bridgehead atoms. The molecule has 14 heavy (non-hydrogen) atoms. The van der Waals surface area contributed by atoms with E-state index in [0.717, 1.165) is 0 Å². The third kappa shape index (κ3) is 2.25. The zero-order valence-corrected chi connectivity index (χ0v) is 7.68. The van der Waals surface area contributed by atoms with E-state index in [0.29, 0.717) is 0 Å². The minimum atomic E-state index is -0.700. The van der Waals surface area contributed by atoms with Crippen LogP contribution >= 0.6 is 0 Å². The molecule has 0 aromatic carbocycles. The van der Waals surface area contributed by atoms with Crippen LogP contribution in [0.5, 0.6) is 5.88 Å². The lowest BCUT2D eigenvalue weighted by Gasteiger charge is -2.03. The lowest BCUT2D eigenvalue weighted by Crippen LogP contribution is -2.11. The molecule has 6 nitrogen and oxygen atoms in total. The molecule has 1 heterocycles. The van der Waals surface area contributed by atoms with Gasteiger partial charge in [0, 0.05) is 19.3 Å². The highest BCUT2D eigenvalue weighted by Crippen LogP contribution is 2.12. The van der Waals surface area contributed by atoms with Crippen molar-refractivity contribution < 1.29 is 19.1 Å². The fourth-order valence-corrected chi connectivity index (χ4v) is 0.773. The molecule has 0 fully saturated rings. The second-order valence-electron chi connectivity index (χ2n) is 2.30. The normalized spacial score (nSPS) is 9.29. The maximum Gasteiger partial charge on any atom is 0.362 e. The third-order valence-corrected chi connectivity index (χ3v) is 1.28. The highest BCUT2D eigenvalue weighted by Gasteiger charge is 2.16. The van der Waals surface area contributed by atoms with Gasteiger partial charge in [0.2, 0.25) is 5.69 Å².